The molecule has 112 valence electrons. The van der Waals surface area contributed by atoms with Gasteiger partial charge in [-0.15, -0.1) is 0 Å². The van der Waals surface area contributed by atoms with E-state index < -0.39 is 5.97 Å². The van der Waals surface area contributed by atoms with Gasteiger partial charge in [-0.1, -0.05) is 51.1 Å². The Morgan fingerprint density at radius 3 is 1.67 bits per heavy atom. The lowest BCUT2D eigenvalue weighted by atomic mass is 9.86. The highest BCUT2D eigenvalue weighted by Gasteiger charge is 2.16. The van der Waals surface area contributed by atoms with Crippen LogP contribution in [0.25, 0.3) is 0 Å². The van der Waals surface area contributed by atoms with Gasteiger partial charge in [0.25, 0.3) is 0 Å². The monoisotopic (exact) mass is 288 g/mol. The maximum atomic E-state index is 10.3. The van der Waals surface area contributed by atoms with Crippen LogP contribution in [0.2, 0.25) is 0 Å². The standard InChI is InChI=1S/C10H14O.C7H6O3/c1-10(2,3)8-6-4-5-7-9(8)11;8-6-4-2-1-3-5(6)7(9)10/h4-7,11H,1-3H3;1-4,8H,(H,9,10). The predicted octanol–water partition coefficient (Wildman–Crippen LogP) is 3.78. The number of para-hydroxylation sites is 2. The van der Waals surface area contributed by atoms with Crippen LogP contribution in [0.15, 0.2) is 48.5 Å². The van der Waals surface area contributed by atoms with Crippen molar-refractivity contribution >= 4 is 5.97 Å². The van der Waals surface area contributed by atoms with Crippen molar-refractivity contribution in [2.75, 3.05) is 0 Å². The van der Waals surface area contributed by atoms with Crippen molar-refractivity contribution in [2.24, 2.45) is 0 Å². The highest BCUT2D eigenvalue weighted by molar-refractivity contribution is 5.90. The van der Waals surface area contributed by atoms with Gasteiger partial charge in [-0.2, -0.15) is 0 Å². The van der Waals surface area contributed by atoms with Crippen molar-refractivity contribution in [2.45, 2.75) is 26.2 Å². The molecular weight excluding hydrogens is 268 g/mol. The molecule has 4 heteroatoms. The molecule has 0 spiro atoms. The molecule has 2 rings (SSSR count). The number of hydrogen-bond acceptors (Lipinski definition) is 3. The summed E-state index contributed by atoms with van der Waals surface area (Å²) in [6.45, 7) is 6.26. The van der Waals surface area contributed by atoms with Crippen LogP contribution in [0.3, 0.4) is 0 Å². The van der Waals surface area contributed by atoms with Crippen molar-refractivity contribution in [3.05, 3.63) is 59.7 Å². The number of hydrogen-bond donors (Lipinski definition) is 3. The average molecular weight is 288 g/mol. The molecule has 0 aromatic heterocycles. The molecule has 0 heterocycles. The number of phenols is 2. The molecule has 0 saturated heterocycles. The third-order valence-corrected chi connectivity index (χ3v) is 2.85. The number of aromatic hydroxyl groups is 2. The number of carbonyl (C=O) groups is 1. The lowest BCUT2D eigenvalue weighted by molar-refractivity contribution is 0.0693. The summed E-state index contributed by atoms with van der Waals surface area (Å²) in [5, 5.41) is 26.8. The van der Waals surface area contributed by atoms with Gasteiger partial charge < -0.3 is 15.3 Å². The van der Waals surface area contributed by atoms with E-state index in [2.05, 4.69) is 20.8 Å². The molecule has 3 N–H and O–H groups in total. The fraction of sp³-hybridized carbons (Fsp3) is 0.235. The molecular formula is C17H20O4. The second-order valence-corrected chi connectivity index (χ2v) is 5.59. The quantitative estimate of drug-likeness (QED) is 0.746. The van der Waals surface area contributed by atoms with Crippen LogP contribution in [0, 0.1) is 0 Å². The molecule has 0 radical (unpaired) electrons. The van der Waals surface area contributed by atoms with Crippen LogP contribution >= 0.6 is 0 Å². The zero-order chi connectivity index (χ0) is 16.0. The molecule has 0 aliphatic heterocycles. The van der Waals surface area contributed by atoms with Gasteiger partial charge in [0.2, 0.25) is 0 Å². The van der Waals surface area contributed by atoms with Crippen LogP contribution in [-0.4, -0.2) is 21.3 Å². The first kappa shape index (κ1) is 16.6. The maximum absolute atomic E-state index is 10.3. The number of carboxylic acids is 1. The normalized spacial score (nSPS) is 10.4. The molecule has 2 aromatic rings. The molecule has 0 unspecified atom stereocenters. The first-order valence-corrected chi connectivity index (χ1v) is 6.53. The lowest BCUT2D eigenvalue weighted by Crippen LogP contribution is -2.10. The summed E-state index contributed by atoms with van der Waals surface area (Å²) in [4.78, 5) is 10.3. The number of phenolic OH excluding ortho intramolecular Hbond substituents is 1. The van der Waals surface area contributed by atoms with E-state index in [-0.39, 0.29) is 16.7 Å². The van der Waals surface area contributed by atoms with E-state index in [9.17, 15) is 9.90 Å². The summed E-state index contributed by atoms with van der Waals surface area (Å²) in [7, 11) is 0. The summed E-state index contributed by atoms with van der Waals surface area (Å²) in [5.41, 5.74) is 0.966. The Balaban J connectivity index is 0.000000211. The van der Waals surface area contributed by atoms with Gasteiger partial charge in [-0.3, -0.25) is 0 Å². The molecule has 4 nitrogen and oxygen atoms in total. The van der Waals surface area contributed by atoms with Gasteiger partial charge in [0.15, 0.2) is 0 Å². The fourth-order valence-corrected chi connectivity index (χ4v) is 1.76. The van der Waals surface area contributed by atoms with Crippen molar-refractivity contribution in [1.82, 2.24) is 0 Å². The minimum absolute atomic E-state index is 0.0331. The molecule has 0 saturated carbocycles. The maximum Gasteiger partial charge on any atom is 0.339 e. The Bertz CT molecular complexity index is 612. The molecule has 2 aromatic carbocycles. The van der Waals surface area contributed by atoms with Crippen molar-refractivity contribution in [1.29, 1.82) is 0 Å². The van der Waals surface area contributed by atoms with Gasteiger partial charge in [-0.25, -0.2) is 4.79 Å². The van der Waals surface area contributed by atoms with Crippen LogP contribution in [-0.2, 0) is 5.41 Å². The number of aromatic carboxylic acids is 1. The first-order chi connectivity index (χ1) is 9.73. The van der Waals surface area contributed by atoms with Crippen LogP contribution in [0.5, 0.6) is 11.5 Å². The van der Waals surface area contributed by atoms with Crippen LogP contribution in [0.1, 0.15) is 36.7 Å². The van der Waals surface area contributed by atoms with E-state index in [1.54, 1.807) is 18.2 Å². The van der Waals surface area contributed by atoms with Gasteiger partial charge >= 0.3 is 5.97 Å². The van der Waals surface area contributed by atoms with E-state index in [1.165, 1.54) is 12.1 Å². The van der Waals surface area contributed by atoms with Crippen LogP contribution in [0.4, 0.5) is 0 Å². The number of rotatable bonds is 1. The van der Waals surface area contributed by atoms with E-state index in [0.717, 1.165) is 5.56 Å². The van der Waals surface area contributed by atoms with E-state index >= 15 is 0 Å². The Labute approximate surface area is 124 Å². The second-order valence-electron chi connectivity index (χ2n) is 5.59. The Kier molecular flexibility index (Phi) is 5.36. The summed E-state index contributed by atoms with van der Waals surface area (Å²) < 4.78 is 0. The third kappa shape index (κ3) is 4.84. The second kappa shape index (κ2) is 6.79. The Morgan fingerprint density at radius 2 is 1.33 bits per heavy atom. The summed E-state index contributed by atoms with van der Waals surface area (Å²) in [6, 6.07) is 13.3. The van der Waals surface area contributed by atoms with E-state index in [1.807, 2.05) is 18.2 Å². The molecule has 0 fully saturated rings. The zero-order valence-electron chi connectivity index (χ0n) is 12.4. The van der Waals surface area contributed by atoms with Crippen LogP contribution < -0.4 is 0 Å². The minimum atomic E-state index is -1.11. The van der Waals surface area contributed by atoms with Crippen molar-refractivity contribution < 1.29 is 20.1 Å². The fourth-order valence-electron chi connectivity index (χ4n) is 1.76. The highest BCUT2D eigenvalue weighted by Crippen LogP contribution is 2.29. The Morgan fingerprint density at radius 1 is 0.857 bits per heavy atom. The smallest absolute Gasteiger partial charge is 0.339 e. The molecule has 0 amide bonds. The summed E-state index contributed by atoms with van der Waals surface area (Å²) in [5.74, 6) is -0.923. The molecule has 0 bridgehead atoms. The molecule has 0 atom stereocenters. The van der Waals surface area contributed by atoms with Gasteiger partial charge in [0, 0.05) is 0 Å². The van der Waals surface area contributed by atoms with Gasteiger partial charge in [0.1, 0.15) is 17.1 Å². The molecule has 21 heavy (non-hydrogen) atoms. The van der Waals surface area contributed by atoms with Crippen molar-refractivity contribution in [3.8, 4) is 11.5 Å². The Hall–Kier alpha value is -2.49. The van der Waals surface area contributed by atoms with Gasteiger partial charge in [0.05, 0.1) is 0 Å². The van der Waals surface area contributed by atoms with Crippen molar-refractivity contribution in [3.63, 3.8) is 0 Å². The SMILES string of the molecule is CC(C)(C)c1ccccc1O.O=C(O)c1ccccc1O. The predicted molar refractivity (Wildman–Crippen MR) is 81.9 cm³/mol. The molecule has 0 aliphatic rings. The van der Waals surface area contributed by atoms with E-state index in [4.69, 9.17) is 10.2 Å². The van der Waals surface area contributed by atoms with Gasteiger partial charge in [-0.05, 0) is 29.2 Å². The highest BCUT2D eigenvalue weighted by atomic mass is 16.4. The number of benzene rings is 2. The summed E-state index contributed by atoms with van der Waals surface area (Å²) in [6.07, 6.45) is 0. The average Bonchev–Trinajstić information content (AvgIpc) is 2.39. The lowest BCUT2D eigenvalue weighted by Gasteiger charge is -2.19. The largest absolute Gasteiger partial charge is 0.508 e. The summed E-state index contributed by atoms with van der Waals surface area (Å²) >= 11 is 0. The molecule has 0 aliphatic carbocycles. The van der Waals surface area contributed by atoms with E-state index in [0.29, 0.717) is 5.75 Å². The minimum Gasteiger partial charge on any atom is -0.508 e. The number of carboxylic acid groups (broad SMARTS) is 1. The topological polar surface area (TPSA) is 77.8 Å². The third-order valence-electron chi connectivity index (χ3n) is 2.85. The zero-order valence-corrected chi connectivity index (χ0v) is 12.4. The first-order valence-electron chi connectivity index (χ1n) is 6.53.